The van der Waals surface area contributed by atoms with Gasteiger partial charge in [-0.2, -0.15) is 0 Å². The molecule has 1 saturated carbocycles. The monoisotopic (exact) mass is 231 g/mol. The molecule has 1 fully saturated rings. The second-order valence-corrected chi connectivity index (χ2v) is 4.19. The lowest BCUT2D eigenvalue weighted by Crippen LogP contribution is -2.08. The lowest BCUT2D eigenvalue weighted by atomic mass is 10.1. The summed E-state index contributed by atoms with van der Waals surface area (Å²) in [6, 6.07) is 4.97. The second-order valence-electron chi connectivity index (χ2n) is 4.19. The summed E-state index contributed by atoms with van der Waals surface area (Å²) in [7, 11) is 0. The first kappa shape index (κ1) is 10.0. The van der Waals surface area contributed by atoms with Gasteiger partial charge in [0.15, 0.2) is 17.8 Å². The number of oxazole rings is 1. The molecule has 1 aliphatic rings. The zero-order valence-corrected chi connectivity index (χ0v) is 8.79. The number of carboxylic acid groups (broad SMARTS) is 1. The number of hydrogen-bond acceptors (Lipinski definition) is 4. The first-order chi connectivity index (χ1) is 8.16. The van der Waals surface area contributed by atoms with Gasteiger partial charge in [-0.15, -0.1) is 0 Å². The van der Waals surface area contributed by atoms with Crippen LogP contribution in [0.5, 0.6) is 0 Å². The van der Waals surface area contributed by atoms with Gasteiger partial charge in [0.25, 0.3) is 0 Å². The Morgan fingerprint density at radius 1 is 1.35 bits per heavy atom. The van der Waals surface area contributed by atoms with Crippen LogP contribution < -0.4 is 0 Å². The zero-order valence-electron chi connectivity index (χ0n) is 8.79. The topological polar surface area (TPSA) is 80.4 Å². The molecule has 17 heavy (non-hydrogen) atoms. The molecule has 5 nitrogen and oxygen atoms in total. The van der Waals surface area contributed by atoms with Crippen molar-refractivity contribution in [1.29, 1.82) is 0 Å². The molecule has 2 atom stereocenters. The van der Waals surface area contributed by atoms with Crippen molar-refractivity contribution in [3.8, 4) is 0 Å². The fourth-order valence-electron chi connectivity index (χ4n) is 1.98. The summed E-state index contributed by atoms with van der Waals surface area (Å²) in [6.45, 7) is 0. The number of hydrogen-bond donors (Lipinski definition) is 1. The van der Waals surface area contributed by atoms with E-state index in [1.54, 1.807) is 18.2 Å². The van der Waals surface area contributed by atoms with Crippen molar-refractivity contribution >= 4 is 22.9 Å². The van der Waals surface area contributed by atoms with Crippen molar-refractivity contribution in [3.05, 3.63) is 30.2 Å². The number of carboxylic acids is 1. The Bertz CT molecular complexity index is 616. The van der Waals surface area contributed by atoms with Gasteiger partial charge < -0.3 is 9.52 Å². The summed E-state index contributed by atoms with van der Waals surface area (Å²) in [4.78, 5) is 26.6. The molecule has 0 bridgehead atoms. The van der Waals surface area contributed by atoms with E-state index < -0.39 is 11.9 Å². The number of benzene rings is 1. The highest BCUT2D eigenvalue weighted by Crippen LogP contribution is 2.41. The molecule has 0 radical (unpaired) electrons. The highest BCUT2D eigenvalue weighted by molar-refractivity contribution is 6.04. The first-order valence-electron chi connectivity index (χ1n) is 5.27. The molecule has 0 aliphatic heterocycles. The van der Waals surface area contributed by atoms with Crippen molar-refractivity contribution in [2.45, 2.75) is 6.42 Å². The van der Waals surface area contributed by atoms with Gasteiger partial charge in [-0.25, -0.2) is 4.98 Å². The van der Waals surface area contributed by atoms with Crippen LogP contribution in [-0.2, 0) is 4.79 Å². The Hall–Kier alpha value is -2.17. The Balaban J connectivity index is 1.89. The van der Waals surface area contributed by atoms with Gasteiger partial charge in [-0.1, -0.05) is 0 Å². The number of aliphatic carboxylic acids is 1. The second kappa shape index (κ2) is 3.41. The van der Waals surface area contributed by atoms with E-state index >= 15 is 0 Å². The Kier molecular flexibility index (Phi) is 2.01. The molecular formula is C12H9NO4. The molecule has 1 N–H and O–H groups in total. The number of carbonyl (C=O) groups is 2. The van der Waals surface area contributed by atoms with E-state index in [0.717, 1.165) is 0 Å². The van der Waals surface area contributed by atoms with Crippen LogP contribution in [0.25, 0.3) is 11.1 Å². The summed E-state index contributed by atoms with van der Waals surface area (Å²) >= 11 is 0. The molecule has 2 unspecified atom stereocenters. The van der Waals surface area contributed by atoms with Crippen LogP contribution in [0.15, 0.2) is 29.0 Å². The molecule has 86 valence electrons. The van der Waals surface area contributed by atoms with E-state index in [1.807, 2.05) is 0 Å². The minimum atomic E-state index is -0.899. The molecule has 5 heteroatoms. The first-order valence-corrected chi connectivity index (χ1v) is 5.27. The molecule has 1 aromatic heterocycles. The zero-order chi connectivity index (χ0) is 12.0. The van der Waals surface area contributed by atoms with Crippen LogP contribution in [0.1, 0.15) is 16.8 Å². The third-order valence-corrected chi connectivity index (χ3v) is 3.06. The van der Waals surface area contributed by atoms with Crippen molar-refractivity contribution in [1.82, 2.24) is 4.98 Å². The minimum Gasteiger partial charge on any atom is -0.481 e. The molecule has 2 aromatic rings. The maximum Gasteiger partial charge on any atom is 0.307 e. The van der Waals surface area contributed by atoms with Crippen molar-refractivity contribution < 1.29 is 19.1 Å². The van der Waals surface area contributed by atoms with Crippen LogP contribution in [0, 0.1) is 11.8 Å². The quantitative estimate of drug-likeness (QED) is 0.813. The van der Waals surface area contributed by atoms with Gasteiger partial charge in [0, 0.05) is 11.5 Å². The van der Waals surface area contributed by atoms with Crippen LogP contribution >= 0.6 is 0 Å². The molecule has 3 rings (SSSR count). The van der Waals surface area contributed by atoms with Gasteiger partial charge in [0.05, 0.1) is 5.92 Å². The predicted molar refractivity (Wildman–Crippen MR) is 57.6 cm³/mol. The Morgan fingerprint density at radius 3 is 2.88 bits per heavy atom. The largest absolute Gasteiger partial charge is 0.481 e. The Morgan fingerprint density at radius 2 is 2.18 bits per heavy atom. The smallest absolute Gasteiger partial charge is 0.307 e. The fourth-order valence-corrected chi connectivity index (χ4v) is 1.98. The van der Waals surface area contributed by atoms with E-state index in [9.17, 15) is 9.59 Å². The van der Waals surface area contributed by atoms with E-state index in [1.165, 1.54) is 6.39 Å². The van der Waals surface area contributed by atoms with E-state index in [-0.39, 0.29) is 11.7 Å². The summed E-state index contributed by atoms with van der Waals surface area (Å²) in [6.07, 6.45) is 1.75. The van der Waals surface area contributed by atoms with Crippen LogP contribution in [-0.4, -0.2) is 21.8 Å². The molecule has 1 aliphatic carbocycles. The number of ketones is 1. The van der Waals surface area contributed by atoms with E-state index in [4.69, 9.17) is 9.52 Å². The fraction of sp³-hybridized carbons (Fsp3) is 0.250. The van der Waals surface area contributed by atoms with Gasteiger partial charge in [-0.05, 0) is 24.6 Å². The SMILES string of the molecule is O=C(O)C1CC1C(=O)c1ccc2ncoc2c1. The number of Topliss-reactive ketones (excluding diaryl/α,β-unsaturated/α-hetero) is 1. The number of nitrogens with zero attached hydrogens (tertiary/aromatic N) is 1. The van der Waals surface area contributed by atoms with Gasteiger partial charge in [-0.3, -0.25) is 9.59 Å². The number of fused-ring (bicyclic) bond motifs is 1. The maximum atomic E-state index is 12.0. The lowest BCUT2D eigenvalue weighted by Gasteiger charge is -1.98. The van der Waals surface area contributed by atoms with Crippen molar-refractivity contribution in [2.75, 3.05) is 0 Å². The molecule has 0 spiro atoms. The highest BCUT2D eigenvalue weighted by atomic mass is 16.4. The Labute approximate surface area is 96.1 Å². The number of carbonyl (C=O) groups excluding carboxylic acids is 1. The molecule has 0 amide bonds. The summed E-state index contributed by atoms with van der Waals surface area (Å²) in [5.74, 6) is -1.93. The van der Waals surface area contributed by atoms with Gasteiger partial charge >= 0.3 is 5.97 Å². The third kappa shape index (κ3) is 1.60. The van der Waals surface area contributed by atoms with Gasteiger partial charge in [0.2, 0.25) is 0 Å². The predicted octanol–water partition coefficient (Wildman–Crippen LogP) is 1.73. The highest BCUT2D eigenvalue weighted by Gasteiger charge is 2.48. The molecule has 0 saturated heterocycles. The van der Waals surface area contributed by atoms with Crippen molar-refractivity contribution in [2.24, 2.45) is 11.8 Å². The number of rotatable bonds is 3. The van der Waals surface area contributed by atoms with Crippen LogP contribution in [0.4, 0.5) is 0 Å². The summed E-state index contributed by atoms with van der Waals surface area (Å²) in [5, 5.41) is 8.78. The normalized spacial score (nSPS) is 22.6. The minimum absolute atomic E-state index is 0.129. The average Bonchev–Trinajstić information content (AvgIpc) is 2.99. The van der Waals surface area contributed by atoms with Crippen LogP contribution in [0.3, 0.4) is 0 Å². The average molecular weight is 231 g/mol. The summed E-state index contributed by atoms with van der Waals surface area (Å²) < 4.78 is 5.10. The summed E-state index contributed by atoms with van der Waals surface area (Å²) in [5.41, 5.74) is 1.72. The maximum absolute atomic E-state index is 12.0. The van der Waals surface area contributed by atoms with Gasteiger partial charge in [0.1, 0.15) is 5.52 Å². The molecule has 1 aromatic carbocycles. The molecule has 1 heterocycles. The standard InChI is InChI=1S/C12H9NO4/c14-11(7-4-8(7)12(15)16)6-1-2-9-10(3-6)17-5-13-9/h1-3,5,7-8H,4H2,(H,15,16). The number of aromatic nitrogens is 1. The van der Waals surface area contributed by atoms with E-state index in [0.29, 0.717) is 23.1 Å². The third-order valence-electron chi connectivity index (χ3n) is 3.06. The van der Waals surface area contributed by atoms with Crippen LogP contribution in [0.2, 0.25) is 0 Å². The van der Waals surface area contributed by atoms with Crippen molar-refractivity contribution in [3.63, 3.8) is 0 Å². The lowest BCUT2D eigenvalue weighted by molar-refractivity contribution is -0.138. The van der Waals surface area contributed by atoms with E-state index in [2.05, 4.69) is 4.98 Å². The molecular weight excluding hydrogens is 222 g/mol.